The van der Waals surface area contributed by atoms with Crippen molar-refractivity contribution in [2.24, 2.45) is 5.92 Å². The minimum Gasteiger partial charge on any atom is -0.504 e. The number of benzene rings is 1. The molecule has 0 bridgehead atoms. The van der Waals surface area contributed by atoms with Gasteiger partial charge in [0.1, 0.15) is 11.9 Å². The molecule has 1 N–H and O–H groups in total. The van der Waals surface area contributed by atoms with E-state index in [2.05, 4.69) is 4.98 Å². The summed E-state index contributed by atoms with van der Waals surface area (Å²) < 4.78 is 11.7. The highest BCUT2D eigenvalue weighted by molar-refractivity contribution is 6.17. The molecule has 1 aromatic carbocycles. The number of carbonyl (C=O) groups excluding carboxylic acids is 2. The highest BCUT2D eigenvalue weighted by Gasteiger charge is 2.52. The number of ketones is 1. The Morgan fingerprint density at radius 1 is 1.19 bits per heavy atom. The smallest absolute Gasteiger partial charge is 0.295 e. The first kappa shape index (κ1) is 19.6. The molecule has 1 fully saturated rings. The lowest BCUT2D eigenvalue weighted by Crippen LogP contribution is -2.39. The summed E-state index contributed by atoms with van der Waals surface area (Å²) in [6.07, 6.45) is 4.89. The largest absolute Gasteiger partial charge is 0.504 e. The van der Waals surface area contributed by atoms with Gasteiger partial charge < -0.3 is 14.6 Å². The molecule has 0 radical (unpaired) electrons. The van der Waals surface area contributed by atoms with Crippen molar-refractivity contribution in [1.82, 2.24) is 4.98 Å². The summed E-state index contributed by atoms with van der Waals surface area (Å²) in [5.41, 5.74) is 1.04. The second kappa shape index (κ2) is 7.72. The van der Waals surface area contributed by atoms with Crippen LogP contribution in [0.5, 0.6) is 11.5 Å². The Morgan fingerprint density at radius 3 is 2.81 bits per heavy atom. The zero-order valence-electron chi connectivity index (χ0n) is 17.3. The van der Waals surface area contributed by atoms with Gasteiger partial charge in [-0.05, 0) is 56.0 Å². The van der Waals surface area contributed by atoms with Gasteiger partial charge in [-0.3, -0.25) is 14.5 Å². The van der Waals surface area contributed by atoms with E-state index >= 15 is 0 Å². The van der Waals surface area contributed by atoms with E-state index in [1.54, 1.807) is 36.5 Å². The lowest BCUT2D eigenvalue weighted by molar-refractivity contribution is -0.131. The number of rotatable bonds is 4. The van der Waals surface area contributed by atoms with Crippen LogP contribution in [-0.2, 0) is 14.3 Å². The van der Waals surface area contributed by atoms with Crippen molar-refractivity contribution < 1.29 is 24.2 Å². The van der Waals surface area contributed by atoms with Crippen LogP contribution in [0.25, 0.3) is 0 Å². The second-order valence-electron chi connectivity index (χ2n) is 8.08. The highest BCUT2D eigenvalue weighted by Crippen LogP contribution is 2.48. The molecule has 5 rings (SSSR count). The maximum atomic E-state index is 13.6. The Labute approximate surface area is 180 Å². The molecular formula is C24H24N2O5. The predicted molar refractivity (Wildman–Crippen MR) is 113 cm³/mol. The van der Waals surface area contributed by atoms with Crippen LogP contribution in [0.2, 0.25) is 0 Å². The van der Waals surface area contributed by atoms with E-state index in [0.29, 0.717) is 29.3 Å². The highest BCUT2D eigenvalue weighted by atomic mass is 16.5. The number of phenolic OH excluding ortho intramolecular Hbond substituents is 1. The van der Waals surface area contributed by atoms with Crippen molar-refractivity contribution in [3.8, 4) is 11.5 Å². The summed E-state index contributed by atoms with van der Waals surface area (Å²) in [6.45, 7) is 2.21. The van der Waals surface area contributed by atoms with E-state index in [1.807, 2.05) is 6.92 Å². The van der Waals surface area contributed by atoms with E-state index < -0.39 is 6.04 Å². The molecule has 2 aromatic rings. The first-order valence-corrected chi connectivity index (χ1v) is 10.8. The summed E-state index contributed by atoms with van der Waals surface area (Å²) in [7, 11) is 0. The fourth-order valence-electron chi connectivity index (χ4n) is 4.86. The summed E-state index contributed by atoms with van der Waals surface area (Å²) in [6, 6.07) is 9.55. The molecule has 7 nitrogen and oxygen atoms in total. The van der Waals surface area contributed by atoms with E-state index in [9.17, 15) is 14.7 Å². The van der Waals surface area contributed by atoms with Gasteiger partial charge >= 0.3 is 0 Å². The number of amides is 1. The minimum absolute atomic E-state index is 0.00655. The lowest BCUT2D eigenvalue weighted by atomic mass is 9.77. The number of Topliss-reactive ketones (excluding diaryl/α,β-unsaturated/α-hetero) is 1. The zero-order chi connectivity index (χ0) is 21.5. The molecule has 1 aromatic heterocycles. The van der Waals surface area contributed by atoms with Crippen molar-refractivity contribution in [1.29, 1.82) is 0 Å². The van der Waals surface area contributed by atoms with Crippen LogP contribution in [0, 0.1) is 5.92 Å². The molecule has 1 saturated carbocycles. The first-order chi connectivity index (χ1) is 15.1. The maximum absolute atomic E-state index is 13.6. The zero-order valence-corrected chi connectivity index (χ0v) is 17.3. The molecule has 3 unspecified atom stereocenters. The third kappa shape index (κ3) is 3.15. The number of nitrogens with zero attached hydrogens (tertiary/aromatic N) is 2. The van der Waals surface area contributed by atoms with E-state index in [0.717, 1.165) is 25.7 Å². The van der Waals surface area contributed by atoms with Gasteiger partial charge in [-0.1, -0.05) is 18.6 Å². The fraction of sp³-hybridized carbons (Fsp3) is 0.375. The number of aromatic hydroxyl groups is 1. The third-order valence-corrected chi connectivity index (χ3v) is 6.26. The molecule has 7 heteroatoms. The Balaban J connectivity index is 1.66. The SMILES string of the molecule is CCOc1cc(C2C3=C(OC4CCCCC4C3=O)C(=O)N2c2ccccn2)ccc1O. The molecule has 1 aliphatic carbocycles. The van der Waals surface area contributed by atoms with Crippen molar-refractivity contribution in [3.63, 3.8) is 0 Å². The molecule has 1 amide bonds. The normalized spacial score (nSPS) is 25.2. The number of pyridine rings is 1. The molecule has 3 heterocycles. The van der Waals surface area contributed by atoms with Gasteiger partial charge in [0.15, 0.2) is 23.0 Å². The Bertz CT molecular complexity index is 1060. The number of hydrogen-bond acceptors (Lipinski definition) is 6. The van der Waals surface area contributed by atoms with Gasteiger partial charge in [0, 0.05) is 6.20 Å². The summed E-state index contributed by atoms with van der Waals surface area (Å²) in [4.78, 5) is 33.0. The van der Waals surface area contributed by atoms with Crippen molar-refractivity contribution >= 4 is 17.5 Å². The number of carbonyl (C=O) groups is 2. The van der Waals surface area contributed by atoms with Crippen LogP contribution in [-0.4, -0.2) is 34.5 Å². The van der Waals surface area contributed by atoms with E-state index in [-0.39, 0.29) is 35.2 Å². The molecule has 31 heavy (non-hydrogen) atoms. The molecular weight excluding hydrogens is 396 g/mol. The summed E-state index contributed by atoms with van der Waals surface area (Å²) in [5.74, 6) is 0.284. The quantitative estimate of drug-likeness (QED) is 0.812. The standard InChI is InChI=1S/C24H24N2O5/c1-2-30-18-13-14(10-11-16(18)27)21-20-22(28)15-7-3-4-8-17(15)31-23(20)24(29)26(21)19-9-5-6-12-25-19/h5-6,9-13,15,17,21,27H,2-4,7-8H2,1H3. The Kier molecular flexibility index (Phi) is 4.88. The molecule has 2 aliphatic heterocycles. The van der Waals surface area contributed by atoms with Gasteiger partial charge in [-0.25, -0.2) is 4.98 Å². The summed E-state index contributed by atoms with van der Waals surface area (Å²) in [5, 5.41) is 10.2. The van der Waals surface area contributed by atoms with Crippen LogP contribution in [0.3, 0.4) is 0 Å². The molecule has 3 aliphatic rings. The van der Waals surface area contributed by atoms with E-state index in [1.165, 1.54) is 11.0 Å². The first-order valence-electron chi connectivity index (χ1n) is 10.8. The number of ether oxygens (including phenoxy) is 2. The fourth-order valence-corrected chi connectivity index (χ4v) is 4.86. The lowest BCUT2D eigenvalue weighted by Gasteiger charge is -2.35. The van der Waals surface area contributed by atoms with Gasteiger partial charge in [0.05, 0.1) is 24.1 Å². The molecule has 0 spiro atoms. The monoisotopic (exact) mass is 420 g/mol. The number of anilines is 1. The predicted octanol–water partition coefficient (Wildman–Crippen LogP) is 3.69. The van der Waals surface area contributed by atoms with Crippen molar-refractivity contribution in [2.45, 2.75) is 44.8 Å². The third-order valence-electron chi connectivity index (χ3n) is 6.26. The van der Waals surface area contributed by atoms with Crippen LogP contribution in [0.4, 0.5) is 5.82 Å². The van der Waals surface area contributed by atoms with Crippen LogP contribution < -0.4 is 9.64 Å². The average molecular weight is 420 g/mol. The van der Waals surface area contributed by atoms with Gasteiger partial charge in [0.25, 0.3) is 5.91 Å². The molecule has 3 atom stereocenters. The molecule has 160 valence electrons. The Morgan fingerprint density at radius 2 is 2.03 bits per heavy atom. The van der Waals surface area contributed by atoms with Gasteiger partial charge in [0.2, 0.25) is 0 Å². The molecule has 0 saturated heterocycles. The number of phenols is 1. The summed E-state index contributed by atoms with van der Waals surface area (Å²) >= 11 is 0. The number of fused-ring (bicyclic) bond motifs is 1. The topological polar surface area (TPSA) is 89.0 Å². The van der Waals surface area contributed by atoms with Gasteiger partial charge in [-0.2, -0.15) is 0 Å². The van der Waals surface area contributed by atoms with Crippen molar-refractivity contribution in [3.05, 3.63) is 59.5 Å². The number of hydrogen-bond donors (Lipinski definition) is 1. The second-order valence-corrected chi connectivity index (χ2v) is 8.08. The minimum atomic E-state index is -0.687. The Hall–Kier alpha value is -3.35. The van der Waals surface area contributed by atoms with Gasteiger partial charge in [-0.15, -0.1) is 0 Å². The maximum Gasteiger partial charge on any atom is 0.295 e. The number of aromatic nitrogens is 1. The van der Waals surface area contributed by atoms with Crippen LogP contribution in [0.1, 0.15) is 44.2 Å². The van der Waals surface area contributed by atoms with Crippen LogP contribution in [0.15, 0.2) is 53.9 Å². The average Bonchev–Trinajstić information content (AvgIpc) is 3.09. The van der Waals surface area contributed by atoms with Crippen LogP contribution >= 0.6 is 0 Å². The van der Waals surface area contributed by atoms with E-state index in [4.69, 9.17) is 9.47 Å². The van der Waals surface area contributed by atoms with Crippen molar-refractivity contribution in [2.75, 3.05) is 11.5 Å².